The molecule has 3 fully saturated rings. The van der Waals surface area contributed by atoms with Crippen molar-refractivity contribution in [3.63, 3.8) is 0 Å². The summed E-state index contributed by atoms with van der Waals surface area (Å²) in [5.41, 5.74) is 1.51. The summed E-state index contributed by atoms with van der Waals surface area (Å²) in [4.78, 5) is 58.8. The summed E-state index contributed by atoms with van der Waals surface area (Å²) in [6.45, 7) is 7.32. The fourth-order valence-corrected chi connectivity index (χ4v) is 5.69. The van der Waals surface area contributed by atoms with Gasteiger partial charge in [0, 0.05) is 63.5 Å². The van der Waals surface area contributed by atoms with Crippen LogP contribution in [-0.4, -0.2) is 85.9 Å². The number of anilines is 2. The number of rotatable bonds is 8. The van der Waals surface area contributed by atoms with Crippen LogP contribution in [0.2, 0.25) is 0 Å². The van der Waals surface area contributed by atoms with Crippen molar-refractivity contribution in [3.05, 3.63) is 48.5 Å². The van der Waals surface area contributed by atoms with E-state index in [0.29, 0.717) is 52.5 Å². The Morgan fingerprint density at radius 3 is 1.32 bits per heavy atom. The second-order valence-electron chi connectivity index (χ2n) is 10.3. The van der Waals surface area contributed by atoms with E-state index in [1.54, 1.807) is 19.6 Å². The van der Waals surface area contributed by atoms with Gasteiger partial charge in [-0.2, -0.15) is 0 Å². The highest BCUT2D eigenvalue weighted by atomic mass is 16.5. The fourth-order valence-electron chi connectivity index (χ4n) is 5.69. The maximum atomic E-state index is 13.3. The number of amides is 4. The summed E-state index contributed by atoms with van der Waals surface area (Å²) in [7, 11) is 0. The molecule has 2 atom stereocenters. The number of piperazine rings is 1. The molecule has 0 aromatic heterocycles. The Hall–Kier alpha value is -4.08. The van der Waals surface area contributed by atoms with Gasteiger partial charge in [0.05, 0.1) is 25.0 Å². The van der Waals surface area contributed by atoms with Gasteiger partial charge in [-0.1, -0.05) is 0 Å². The molecular formula is C30H36N4O6. The number of carbonyl (C=O) groups is 4. The van der Waals surface area contributed by atoms with Crippen LogP contribution in [0.4, 0.5) is 11.4 Å². The summed E-state index contributed by atoms with van der Waals surface area (Å²) in [6, 6.07) is 14.7. The topological polar surface area (TPSA) is 99.7 Å². The minimum absolute atomic E-state index is 0.0494. The van der Waals surface area contributed by atoms with Crippen LogP contribution < -0.4 is 19.3 Å². The molecule has 212 valence electrons. The van der Waals surface area contributed by atoms with Gasteiger partial charge in [0.15, 0.2) is 0 Å². The molecule has 3 aliphatic rings. The lowest BCUT2D eigenvalue weighted by Gasteiger charge is -2.36. The number of nitrogens with zero attached hydrogens (tertiary/aromatic N) is 4. The second-order valence-corrected chi connectivity index (χ2v) is 10.3. The van der Waals surface area contributed by atoms with Crippen LogP contribution in [0, 0.1) is 11.8 Å². The summed E-state index contributed by atoms with van der Waals surface area (Å²) >= 11 is 0. The second kappa shape index (κ2) is 12.0. The molecule has 0 bridgehead atoms. The van der Waals surface area contributed by atoms with Crippen molar-refractivity contribution >= 4 is 35.0 Å². The SMILES string of the molecule is CCOc1ccc(N2C[C@H](C(=O)N3CCN(C(=O)[C@H]4CC(=O)N(c5ccc(OCC)cc5)C4)CC3)CC2=O)cc1. The Kier molecular flexibility index (Phi) is 8.23. The molecule has 3 heterocycles. The molecule has 0 spiro atoms. The van der Waals surface area contributed by atoms with Crippen molar-refractivity contribution in [1.29, 1.82) is 0 Å². The lowest BCUT2D eigenvalue weighted by molar-refractivity contribution is -0.143. The van der Waals surface area contributed by atoms with E-state index in [1.807, 2.05) is 62.4 Å². The monoisotopic (exact) mass is 548 g/mol. The van der Waals surface area contributed by atoms with E-state index < -0.39 is 11.8 Å². The molecule has 0 N–H and O–H groups in total. The van der Waals surface area contributed by atoms with Crippen molar-refractivity contribution in [2.75, 3.05) is 62.3 Å². The van der Waals surface area contributed by atoms with Crippen LogP contribution in [0.3, 0.4) is 0 Å². The average molecular weight is 549 g/mol. The third kappa shape index (κ3) is 5.76. The van der Waals surface area contributed by atoms with E-state index in [9.17, 15) is 19.2 Å². The fraction of sp³-hybridized carbons (Fsp3) is 0.467. The molecule has 4 amide bonds. The molecule has 5 rings (SSSR count). The number of ether oxygens (including phenoxy) is 2. The summed E-state index contributed by atoms with van der Waals surface area (Å²) in [5.74, 6) is 0.428. The molecule has 0 unspecified atom stereocenters. The van der Waals surface area contributed by atoms with Crippen LogP contribution in [0.15, 0.2) is 48.5 Å². The maximum absolute atomic E-state index is 13.3. The zero-order valence-electron chi connectivity index (χ0n) is 23.1. The quantitative estimate of drug-likeness (QED) is 0.503. The van der Waals surface area contributed by atoms with Crippen molar-refractivity contribution < 1.29 is 28.7 Å². The van der Waals surface area contributed by atoms with E-state index in [4.69, 9.17) is 9.47 Å². The first-order valence-corrected chi connectivity index (χ1v) is 14.0. The molecule has 0 saturated carbocycles. The number of carbonyl (C=O) groups excluding carboxylic acids is 4. The summed E-state index contributed by atoms with van der Waals surface area (Å²) < 4.78 is 10.9. The summed E-state index contributed by atoms with van der Waals surface area (Å²) in [6.07, 6.45) is 0.355. The van der Waals surface area contributed by atoms with Gasteiger partial charge in [-0.05, 0) is 62.4 Å². The minimum atomic E-state index is -0.406. The maximum Gasteiger partial charge on any atom is 0.228 e. The predicted molar refractivity (Wildman–Crippen MR) is 149 cm³/mol. The van der Waals surface area contributed by atoms with E-state index >= 15 is 0 Å². The minimum Gasteiger partial charge on any atom is -0.494 e. The van der Waals surface area contributed by atoms with Gasteiger partial charge in [-0.25, -0.2) is 0 Å². The zero-order valence-corrected chi connectivity index (χ0v) is 23.1. The third-order valence-corrected chi connectivity index (χ3v) is 7.77. The van der Waals surface area contributed by atoms with E-state index in [1.165, 1.54) is 0 Å². The lowest BCUT2D eigenvalue weighted by Crippen LogP contribution is -2.53. The molecule has 40 heavy (non-hydrogen) atoms. The lowest BCUT2D eigenvalue weighted by atomic mass is 10.0. The Bertz CT molecular complexity index is 1140. The third-order valence-electron chi connectivity index (χ3n) is 7.77. The van der Waals surface area contributed by atoms with E-state index in [0.717, 1.165) is 22.9 Å². The molecule has 10 nitrogen and oxygen atoms in total. The normalized spacial score (nSPS) is 21.2. The Morgan fingerprint density at radius 2 is 1.00 bits per heavy atom. The van der Waals surface area contributed by atoms with E-state index in [-0.39, 0.29) is 36.5 Å². The Morgan fingerprint density at radius 1 is 0.650 bits per heavy atom. The molecule has 0 aliphatic carbocycles. The van der Waals surface area contributed by atoms with Crippen molar-refractivity contribution in [1.82, 2.24) is 9.80 Å². The molecular weight excluding hydrogens is 512 g/mol. The summed E-state index contributed by atoms with van der Waals surface area (Å²) in [5, 5.41) is 0. The zero-order chi connectivity index (χ0) is 28.2. The molecule has 2 aromatic carbocycles. The Labute approximate surface area is 234 Å². The van der Waals surface area contributed by atoms with Gasteiger partial charge in [0.2, 0.25) is 23.6 Å². The van der Waals surface area contributed by atoms with Gasteiger partial charge in [-0.3, -0.25) is 19.2 Å². The van der Waals surface area contributed by atoms with E-state index in [2.05, 4.69) is 0 Å². The largest absolute Gasteiger partial charge is 0.494 e. The van der Waals surface area contributed by atoms with Crippen LogP contribution in [0.1, 0.15) is 26.7 Å². The van der Waals surface area contributed by atoms with Gasteiger partial charge in [0.1, 0.15) is 11.5 Å². The van der Waals surface area contributed by atoms with Crippen molar-refractivity contribution in [2.45, 2.75) is 26.7 Å². The highest BCUT2D eigenvalue weighted by Crippen LogP contribution is 2.30. The molecule has 3 saturated heterocycles. The van der Waals surface area contributed by atoms with Crippen LogP contribution in [-0.2, 0) is 19.2 Å². The highest BCUT2D eigenvalue weighted by Gasteiger charge is 2.40. The highest BCUT2D eigenvalue weighted by molar-refractivity contribution is 6.01. The first-order chi connectivity index (χ1) is 19.4. The van der Waals surface area contributed by atoms with Gasteiger partial charge in [-0.15, -0.1) is 0 Å². The average Bonchev–Trinajstić information content (AvgIpc) is 3.56. The van der Waals surface area contributed by atoms with Crippen molar-refractivity contribution in [2.24, 2.45) is 11.8 Å². The molecule has 3 aliphatic heterocycles. The van der Waals surface area contributed by atoms with Crippen LogP contribution >= 0.6 is 0 Å². The number of benzene rings is 2. The molecule has 10 heteroatoms. The smallest absolute Gasteiger partial charge is 0.228 e. The van der Waals surface area contributed by atoms with Gasteiger partial charge in [0.25, 0.3) is 0 Å². The number of hydrogen-bond acceptors (Lipinski definition) is 6. The Balaban J connectivity index is 1.12. The van der Waals surface area contributed by atoms with Crippen LogP contribution in [0.5, 0.6) is 11.5 Å². The van der Waals surface area contributed by atoms with Gasteiger partial charge < -0.3 is 29.1 Å². The van der Waals surface area contributed by atoms with Gasteiger partial charge >= 0.3 is 0 Å². The first-order valence-electron chi connectivity index (χ1n) is 14.0. The first kappa shape index (κ1) is 27.5. The molecule has 0 radical (unpaired) electrons. The van der Waals surface area contributed by atoms with Crippen LogP contribution in [0.25, 0.3) is 0 Å². The van der Waals surface area contributed by atoms with Crippen molar-refractivity contribution in [3.8, 4) is 11.5 Å². The molecule has 2 aromatic rings. The number of hydrogen-bond donors (Lipinski definition) is 0. The predicted octanol–water partition coefficient (Wildman–Crippen LogP) is 2.56. The standard InChI is InChI=1S/C30H36N4O6/c1-3-39-25-9-5-23(6-10-25)33-19-21(17-27(33)35)29(37)31-13-15-32(16-14-31)30(38)22-18-28(36)34(20-22)24-7-11-26(12-8-24)40-4-2/h5-12,21-22H,3-4,13-20H2,1-2H3/t21-,22+.